The van der Waals surface area contributed by atoms with Gasteiger partial charge in [-0.15, -0.1) is 0 Å². The van der Waals surface area contributed by atoms with Gasteiger partial charge in [-0.1, -0.05) is 12.1 Å². The van der Waals surface area contributed by atoms with E-state index in [9.17, 15) is 19.5 Å². The van der Waals surface area contributed by atoms with Gasteiger partial charge in [-0.2, -0.15) is 0 Å². The fraction of sp³-hybridized carbons (Fsp3) is 0.167. The molecule has 3 rings (SSSR count). The van der Waals surface area contributed by atoms with Crippen LogP contribution < -0.4 is 15.4 Å². The van der Waals surface area contributed by atoms with Crippen LogP contribution in [0.1, 0.15) is 34.6 Å². The van der Waals surface area contributed by atoms with Gasteiger partial charge in [0.2, 0.25) is 0 Å². The summed E-state index contributed by atoms with van der Waals surface area (Å²) in [6.45, 7) is 3.31. The number of anilines is 2. The molecule has 7 heteroatoms. The normalized spacial score (nSPS) is 14.7. The Balaban J connectivity index is 1.86. The van der Waals surface area contributed by atoms with Crippen LogP contribution in [-0.2, 0) is 4.79 Å². The van der Waals surface area contributed by atoms with Crippen molar-refractivity contribution in [2.75, 3.05) is 10.6 Å². The average Bonchev–Trinajstić information content (AvgIpc) is 2.56. The van der Waals surface area contributed by atoms with E-state index in [0.717, 1.165) is 0 Å². The number of amides is 2. The molecule has 0 unspecified atom stereocenters. The van der Waals surface area contributed by atoms with Crippen LogP contribution in [0.25, 0.3) is 0 Å². The van der Waals surface area contributed by atoms with E-state index >= 15 is 0 Å². The van der Waals surface area contributed by atoms with Gasteiger partial charge in [0.15, 0.2) is 5.60 Å². The highest BCUT2D eigenvalue weighted by Gasteiger charge is 2.35. The Morgan fingerprint density at radius 1 is 1.12 bits per heavy atom. The summed E-state index contributed by atoms with van der Waals surface area (Å²) in [4.78, 5) is 35.6. The standard InChI is InChI=1S/C18H16N2O5/c1-18(2)17(24)20-13-9-10(7-8-14(13)25-18)19-15(21)11-5-3-4-6-12(11)16(22)23/h3-9H,1-2H3,(H,19,21)(H,20,24)(H,22,23). The zero-order chi connectivity index (χ0) is 18.2. The molecule has 2 aromatic carbocycles. The molecular formula is C18H16N2O5. The minimum atomic E-state index is -1.18. The number of benzene rings is 2. The smallest absolute Gasteiger partial charge is 0.336 e. The Morgan fingerprint density at radius 3 is 2.48 bits per heavy atom. The summed E-state index contributed by atoms with van der Waals surface area (Å²) >= 11 is 0. The van der Waals surface area contributed by atoms with E-state index in [4.69, 9.17) is 4.74 Å². The summed E-state index contributed by atoms with van der Waals surface area (Å²) in [7, 11) is 0. The topological polar surface area (TPSA) is 105 Å². The minimum Gasteiger partial charge on any atom is -0.478 e. The van der Waals surface area contributed by atoms with Crippen LogP contribution >= 0.6 is 0 Å². The first-order valence-electron chi connectivity index (χ1n) is 7.56. The fourth-order valence-corrected chi connectivity index (χ4v) is 2.45. The van der Waals surface area contributed by atoms with Crippen LogP contribution in [0, 0.1) is 0 Å². The third-order valence-electron chi connectivity index (χ3n) is 3.80. The maximum atomic E-state index is 12.4. The van der Waals surface area contributed by atoms with Gasteiger partial charge < -0.3 is 20.5 Å². The zero-order valence-corrected chi connectivity index (χ0v) is 13.6. The molecule has 25 heavy (non-hydrogen) atoms. The number of carbonyl (C=O) groups excluding carboxylic acids is 2. The number of hydrogen-bond acceptors (Lipinski definition) is 4. The van der Waals surface area contributed by atoms with Gasteiger partial charge in [-0.3, -0.25) is 9.59 Å². The minimum absolute atomic E-state index is 0.0501. The first-order chi connectivity index (χ1) is 11.8. The van der Waals surface area contributed by atoms with Gasteiger partial charge in [0.05, 0.1) is 16.8 Å². The maximum absolute atomic E-state index is 12.4. The number of carbonyl (C=O) groups is 3. The molecule has 0 aromatic heterocycles. The monoisotopic (exact) mass is 340 g/mol. The van der Waals surface area contributed by atoms with Gasteiger partial charge in [-0.05, 0) is 44.2 Å². The molecule has 2 amide bonds. The average molecular weight is 340 g/mol. The Labute approximate surface area is 143 Å². The first-order valence-corrected chi connectivity index (χ1v) is 7.56. The van der Waals surface area contributed by atoms with Crippen molar-refractivity contribution in [3.05, 3.63) is 53.6 Å². The molecule has 0 spiro atoms. The summed E-state index contributed by atoms with van der Waals surface area (Å²) in [5, 5.41) is 14.5. The number of fused-ring (bicyclic) bond motifs is 1. The summed E-state index contributed by atoms with van der Waals surface area (Å²) in [5.41, 5.74) is -0.162. The predicted octanol–water partition coefficient (Wildman–Crippen LogP) is 2.75. The lowest BCUT2D eigenvalue weighted by Crippen LogP contribution is -2.45. The molecule has 0 saturated carbocycles. The molecule has 0 radical (unpaired) electrons. The molecule has 0 bridgehead atoms. The van der Waals surface area contributed by atoms with Crippen molar-refractivity contribution in [2.24, 2.45) is 0 Å². The van der Waals surface area contributed by atoms with E-state index in [1.54, 1.807) is 44.2 Å². The van der Waals surface area contributed by atoms with Crippen LogP contribution in [-0.4, -0.2) is 28.5 Å². The summed E-state index contributed by atoms with van der Waals surface area (Å²) in [6, 6.07) is 10.7. The van der Waals surface area contributed by atoms with Crippen molar-refractivity contribution in [3.63, 3.8) is 0 Å². The Bertz CT molecular complexity index is 889. The molecule has 1 aliphatic heterocycles. The molecule has 7 nitrogen and oxygen atoms in total. The van der Waals surface area contributed by atoms with E-state index < -0.39 is 17.5 Å². The van der Waals surface area contributed by atoms with Gasteiger partial charge >= 0.3 is 5.97 Å². The molecule has 2 aromatic rings. The predicted molar refractivity (Wildman–Crippen MR) is 91.1 cm³/mol. The lowest BCUT2D eigenvalue weighted by Gasteiger charge is -2.31. The molecule has 0 atom stereocenters. The largest absolute Gasteiger partial charge is 0.478 e. The highest BCUT2D eigenvalue weighted by atomic mass is 16.5. The fourth-order valence-electron chi connectivity index (χ4n) is 2.45. The highest BCUT2D eigenvalue weighted by molar-refractivity contribution is 6.11. The van der Waals surface area contributed by atoms with Crippen molar-refractivity contribution < 1.29 is 24.2 Å². The first kappa shape index (κ1) is 16.5. The second kappa shape index (κ2) is 5.94. The van der Waals surface area contributed by atoms with Gasteiger partial charge in [-0.25, -0.2) is 4.79 Å². The van der Waals surface area contributed by atoms with Crippen LogP contribution in [0.5, 0.6) is 5.75 Å². The van der Waals surface area contributed by atoms with Crippen molar-refractivity contribution in [1.82, 2.24) is 0 Å². The molecular weight excluding hydrogens is 324 g/mol. The van der Waals surface area contributed by atoms with Gasteiger partial charge in [0.1, 0.15) is 5.75 Å². The SMILES string of the molecule is CC1(C)Oc2ccc(NC(=O)c3ccccc3C(=O)O)cc2NC1=O. The molecule has 128 valence electrons. The quantitative estimate of drug-likeness (QED) is 0.797. The molecule has 1 aliphatic rings. The number of hydrogen-bond donors (Lipinski definition) is 3. The van der Waals surface area contributed by atoms with E-state index in [-0.39, 0.29) is 17.0 Å². The highest BCUT2D eigenvalue weighted by Crippen LogP contribution is 2.35. The molecule has 0 saturated heterocycles. The molecule has 3 N–H and O–H groups in total. The number of aromatic carboxylic acids is 1. The van der Waals surface area contributed by atoms with Crippen LogP contribution in [0.2, 0.25) is 0 Å². The Hall–Kier alpha value is -3.35. The van der Waals surface area contributed by atoms with Crippen molar-refractivity contribution in [2.45, 2.75) is 19.4 Å². The van der Waals surface area contributed by atoms with E-state index in [1.807, 2.05) is 0 Å². The molecule has 0 fully saturated rings. The maximum Gasteiger partial charge on any atom is 0.336 e. The Kier molecular flexibility index (Phi) is 3.92. The van der Waals surface area contributed by atoms with E-state index in [1.165, 1.54) is 12.1 Å². The number of carboxylic acids is 1. The van der Waals surface area contributed by atoms with E-state index in [2.05, 4.69) is 10.6 Å². The lowest BCUT2D eigenvalue weighted by molar-refractivity contribution is -0.129. The summed E-state index contributed by atoms with van der Waals surface area (Å²) in [6.07, 6.45) is 0. The molecule has 0 aliphatic carbocycles. The lowest BCUT2D eigenvalue weighted by atomic mass is 10.1. The van der Waals surface area contributed by atoms with Gasteiger partial charge in [0.25, 0.3) is 11.8 Å². The number of ether oxygens (including phenoxy) is 1. The third-order valence-corrected chi connectivity index (χ3v) is 3.80. The van der Waals surface area contributed by atoms with Crippen LogP contribution in [0.15, 0.2) is 42.5 Å². The third kappa shape index (κ3) is 3.16. The number of carboxylic acid groups (broad SMARTS) is 1. The van der Waals surface area contributed by atoms with E-state index in [0.29, 0.717) is 17.1 Å². The van der Waals surface area contributed by atoms with Crippen molar-refractivity contribution in [1.29, 1.82) is 0 Å². The van der Waals surface area contributed by atoms with Crippen LogP contribution in [0.3, 0.4) is 0 Å². The Morgan fingerprint density at radius 2 is 1.80 bits per heavy atom. The second-order valence-electron chi connectivity index (χ2n) is 6.08. The molecule has 1 heterocycles. The zero-order valence-electron chi connectivity index (χ0n) is 13.6. The summed E-state index contributed by atoms with van der Waals surface area (Å²) < 4.78 is 5.62. The van der Waals surface area contributed by atoms with Crippen LogP contribution in [0.4, 0.5) is 11.4 Å². The summed E-state index contributed by atoms with van der Waals surface area (Å²) in [5.74, 6) is -1.53. The van der Waals surface area contributed by atoms with Gasteiger partial charge in [0, 0.05) is 5.69 Å². The second-order valence-corrected chi connectivity index (χ2v) is 6.08. The van der Waals surface area contributed by atoms with Crippen molar-refractivity contribution >= 4 is 29.2 Å². The number of nitrogens with one attached hydrogen (secondary N) is 2. The number of rotatable bonds is 3. The van der Waals surface area contributed by atoms with Crippen molar-refractivity contribution in [3.8, 4) is 5.75 Å².